The molecule has 1 aliphatic heterocycles. The Kier molecular flexibility index (Phi) is 5.52. The molecule has 0 atom stereocenters. The number of ether oxygens (including phenoxy) is 1. The lowest BCUT2D eigenvalue weighted by Gasteiger charge is -2.35. The topological polar surface area (TPSA) is 58.6 Å². The highest BCUT2D eigenvalue weighted by molar-refractivity contribution is 7.13. The van der Waals surface area contributed by atoms with Crippen LogP contribution in [0.4, 0.5) is 4.39 Å². The zero-order valence-electron chi connectivity index (χ0n) is 12.9. The Labute approximate surface area is 133 Å². The van der Waals surface area contributed by atoms with Crippen LogP contribution in [0.2, 0.25) is 0 Å². The molecule has 22 heavy (non-hydrogen) atoms. The van der Waals surface area contributed by atoms with Crippen LogP contribution in [0.25, 0.3) is 0 Å². The first kappa shape index (κ1) is 16.9. The monoisotopic (exact) mass is 328 g/mol. The molecule has 1 N–H and O–H groups in total. The summed E-state index contributed by atoms with van der Waals surface area (Å²) in [6.45, 7) is 3.09. The summed E-state index contributed by atoms with van der Waals surface area (Å²) in [5, 5.41) is 2.53. The Bertz CT molecular complexity index is 539. The predicted molar refractivity (Wildman–Crippen MR) is 82.9 cm³/mol. The van der Waals surface area contributed by atoms with Crippen molar-refractivity contribution in [2.45, 2.75) is 25.4 Å². The number of piperidine rings is 1. The first-order valence-corrected chi connectivity index (χ1v) is 8.10. The van der Waals surface area contributed by atoms with Crippen molar-refractivity contribution in [3.05, 3.63) is 21.9 Å². The molecule has 5 nitrogen and oxygen atoms in total. The standard InChI is InChI=1S/C15H21FN2O3S/c1-11-3-4-12(22-11)13(19)18-8-5-15(16,6-9-18)14(20)17-7-10-21-2/h3-4H,5-10H2,1-2H3,(H,17,20). The number of thiophene rings is 1. The zero-order chi connectivity index (χ0) is 16.2. The molecule has 7 heteroatoms. The predicted octanol–water partition coefficient (Wildman–Crippen LogP) is 1.76. The summed E-state index contributed by atoms with van der Waals surface area (Å²) >= 11 is 1.43. The van der Waals surface area contributed by atoms with Crippen LogP contribution in [0.5, 0.6) is 0 Å². The van der Waals surface area contributed by atoms with Crippen molar-refractivity contribution in [3.63, 3.8) is 0 Å². The molecule has 0 bridgehead atoms. The van der Waals surface area contributed by atoms with E-state index in [1.54, 1.807) is 11.0 Å². The number of nitrogens with one attached hydrogen (secondary N) is 1. The number of methoxy groups -OCH3 is 1. The third-order valence-electron chi connectivity index (χ3n) is 3.79. The quantitative estimate of drug-likeness (QED) is 0.838. The number of carbonyl (C=O) groups is 2. The van der Waals surface area contributed by atoms with Crippen molar-refractivity contribution in [3.8, 4) is 0 Å². The fourth-order valence-corrected chi connectivity index (χ4v) is 3.26. The summed E-state index contributed by atoms with van der Waals surface area (Å²) in [6, 6.07) is 3.68. The van der Waals surface area contributed by atoms with E-state index >= 15 is 0 Å². The fourth-order valence-electron chi connectivity index (χ4n) is 2.42. The molecule has 2 heterocycles. The zero-order valence-corrected chi connectivity index (χ0v) is 13.7. The van der Waals surface area contributed by atoms with E-state index in [1.165, 1.54) is 18.4 Å². The van der Waals surface area contributed by atoms with E-state index in [0.29, 0.717) is 11.5 Å². The normalized spacial score (nSPS) is 17.3. The van der Waals surface area contributed by atoms with Crippen LogP contribution >= 0.6 is 11.3 Å². The maximum absolute atomic E-state index is 14.6. The second kappa shape index (κ2) is 7.19. The van der Waals surface area contributed by atoms with Crippen LogP contribution in [0, 0.1) is 6.92 Å². The minimum atomic E-state index is -1.89. The number of amides is 2. The van der Waals surface area contributed by atoms with E-state index in [0.717, 1.165) is 4.88 Å². The van der Waals surface area contributed by atoms with E-state index < -0.39 is 11.6 Å². The molecular formula is C15H21FN2O3S. The van der Waals surface area contributed by atoms with Crippen molar-refractivity contribution in [2.75, 3.05) is 33.4 Å². The van der Waals surface area contributed by atoms with Crippen molar-refractivity contribution >= 4 is 23.2 Å². The summed E-state index contributed by atoms with van der Waals surface area (Å²) < 4.78 is 19.5. The maximum atomic E-state index is 14.6. The number of aryl methyl sites for hydroxylation is 1. The SMILES string of the molecule is COCCNC(=O)C1(F)CCN(C(=O)c2ccc(C)s2)CC1. The molecule has 1 aromatic rings. The van der Waals surface area contributed by atoms with Crippen LogP contribution in [-0.4, -0.2) is 55.7 Å². The lowest BCUT2D eigenvalue weighted by molar-refractivity contribution is -0.135. The van der Waals surface area contributed by atoms with Gasteiger partial charge in [-0.1, -0.05) is 0 Å². The first-order chi connectivity index (χ1) is 10.5. The van der Waals surface area contributed by atoms with Crippen molar-refractivity contribution in [1.82, 2.24) is 10.2 Å². The highest BCUT2D eigenvalue weighted by Gasteiger charge is 2.42. The summed E-state index contributed by atoms with van der Waals surface area (Å²) in [4.78, 5) is 27.5. The molecular weight excluding hydrogens is 307 g/mol. The summed E-state index contributed by atoms with van der Waals surface area (Å²) in [5.74, 6) is -0.691. The van der Waals surface area contributed by atoms with Crippen LogP contribution in [0.1, 0.15) is 27.4 Å². The number of likely N-dealkylation sites (tertiary alicyclic amines) is 1. The van der Waals surface area contributed by atoms with Crippen LogP contribution in [0.3, 0.4) is 0 Å². The second-order valence-electron chi connectivity index (χ2n) is 5.42. The molecule has 0 radical (unpaired) electrons. The molecule has 1 fully saturated rings. The number of alkyl halides is 1. The van der Waals surface area contributed by atoms with Crippen molar-refractivity contribution < 1.29 is 18.7 Å². The Morgan fingerprint density at radius 3 is 2.64 bits per heavy atom. The van der Waals surface area contributed by atoms with Crippen LogP contribution < -0.4 is 5.32 Å². The number of halogens is 1. The lowest BCUT2D eigenvalue weighted by atomic mass is 9.92. The molecule has 122 valence electrons. The highest BCUT2D eigenvalue weighted by Crippen LogP contribution is 2.28. The Balaban J connectivity index is 1.89. The lowest BCUT2D eigenvalue weighted by Crippen LogP contribution is -2.52. The van der Waals surface area contributed by atoms with Gasteiger partial charge in [0.2, 0.25) is 0 Å². The van der Waals surface area contributed by atoms with Gasteiger partial charge in [0.1, 0.15) is 0 Å². The molecule has 2 rings (SSSR count). The van der Waals surface area contributed by atoms with Crippen LogP contribution in [0.15, 0.2) is 12.1 Å². The fraction of sp³-hybridized carbons (Fsp3) is 0.600. The van der Waals surface area contributed by atoms with Gasteiger partial charge in [-0.25, -0.2) is 4.39 Å². The molecule has 2 amide bonds. The van der Waals surface area contributed by atoms with Gasteiger partial charge in [0.15, 0.2) is 5.67 Å². The average molecular weight is 328 g/mol. The van der Waals surface area contributed by atoms with Crippen molar-refractivity contribution in [2.24, 2.45) is 0 Å². The van der Waals surface area contributed by atoms with Gasteiger partial charge in [-0.2, -0.15) is 0 Å². The van der Waals surface area contributed by atoms with Crippen molar-refractivity contribution in [1.29, 1.82) is 0 Å². The molecule has 0 spiro atoms. The number of carbonyl (C=O) groups excluding carboxylic acids is 2. The van der Waals surface area contributed by atoms with E-state index in [9.17, 15) is 14.0 Å². The molecule has 0 aliphatic carbocycles. The van der Waals surface area contributed by atoms with E-state index in [-0.39, 0.29) is 38.4 Å². The van der Waals surface area contributed by atoms with Gasteiger partial charge in [-0.15, -0.1) is 11.3 Å². The van der Waals surface area contributed by atoms with Gasteiger partial charge in [-0.3, -0.25) is 9.59 Å². The largest absolute Gasteiger partial charge is 0.383 e. The second-order valence-corrected chi connectivity index (χ2v) is 6.70. The van der Waals surface area contributed by atoms with Gasteiger partial charge in [0.05, 0.1) is 11.5 Å². The summed E-state index contributed by atoms with van der Waals surface area (Å²) in [7, 11) is 1.52. The van der Waals surface area contributed by atoms with Gasteiger partial charge < -0.3 is 15.0 Å². The minimum absolute atomic E-state index is 0.0297. The van der Waals surface area contributed by atoms with E-state index in [2.05, 4.69) is 5.32 Å². The van der Waals surface area contributed by atoms with Crippen LogP contribution in [-0.2, 0) is 9.53 Å². The van der Waals surface area contributed by atoms with Gasteiger partial charge in [-0.05, 0) is 19.1 Å². The maximum Gasteiger partial charge on any atom is 0.263 e. The molecule has 1 saturated heterocycles. The summed E-state index contributed by atoms with van der Waals surface area (Å²) in [5.41, 5.74) is -1.89. The number of hydrogen-bond donors (Lipinski definition) is 1. The molecule has 1 aromatic heterocycles. The number of hydrogen-bond acceptors (Lipinski definition) is 4. The Morgan fingerprint density at radius 1 is 1.41 bits per heavy atom. The molecule has 1 aliphatic rings. The number of nitrogens with zero attached hydrogens (tertiary/aromatic N) is 1. The molecule has 0 aromatic carbocycles. The van der Waals surface area contributed by atoms with Gasteiger partial charge >= 0.3 is 0 Å². The Hall–Kier alpha value is -1.47. The molecule has 0 unspecified atom stereocenters. The Morgan fingerprint density at radius 2 is 2.09 bits per heavy atom. The van der Waals surface area contributed by atoms with Gasteiger partial charge in [0.25, 0.3) is 11.8 Å². The first-order valence-electron chi connectivity index (χ1n) is 7.28. The third-order valence-corrected chi connectivity index (χ3v) is 4.78. The summed E-state index contributed by atoms with van der Waals surface area (Å²) in [6.07, 6.45) is 0.0594. The highest BCUT2D eigenvalue weighted by atomic mass is 32.1. The minimum Gasteiger partial charge on any atom is -0.383 e. The smallest absolute Gasteiger partial charge is 0.263 e. The third kappa shape index (κ3) is 3.84. The van der Waals surface area contributed by atoms with E-state index in [4.69, 9.17) is 4.74 Å². The number of rotatable bonds is 5. The van der Waals surface area contributed by atoms with E-state index in [1.807, 2.05) is 13.0 Å². The van der Waals surface area contributed by atoms with Gasteiger partial charge in [0, 0.05) is 44.5 Å². The average Bonchev–Trinajstić information content (AvgIpc) is 2.94. The molecule has 0 saturated carbocycles.